The minimum Gasteiger partial charge on any atom is -0.483 e. The maximum absolute atomic E-state index is 12.7. The Morgan fingerprint density at radius 1 is 0.967 bits per heavy atom. The van der Waals surface area contributed by atoms with Gasteiger partial charge < -0.3 is 14.6 Å². The minimum atomic E-state index is -0.245. The van der Waals surface area contributed by atoms with Gasteiger partial charge in [0.25, 0.3) is 11.8 Å². The number of hydrogen-bond donors (Lipinski definition) is 1. The van der Waals surface area contributed by atoms with Crippen LogP contribution in [-0.4, -0.2) is 16.0 Å². The summed E-state index contributed by atoms with van der Waals surface area (Å²) < 4.78 is 11.1. The zero-order chi connectivity index (χ0) is 20.8. The fourth-order valence-electron chi connectivity index (χ4n) is 2.96. The average molecular weight is 399 g/mol. The van der Waals surface area contributed by atoms with E-state index in [4.69, 9.17) is 9.26 Å². The first kappa shape index (κ1) is 19.4. The van der Waals surface area contributed by atoms with E-state index in [-0.39, 0.29) is 12.5 Å². The molecule has 30 heavy (non-hydrogen) atoms. The summed E-state index contributed by atoms with van der Waals surface area (Å²) in [5.74, 6) is 1.03. The Balaban J connectivity index is 1.44. The molecule has 1 amide bonds. The van der Waals surface area contributed by atoms with Crippen molar-refractivity contribution in [1.29, 1.82) is 0 Å². The lowest BCUT2D eigenvalue weighted by Gasteiger charge is -2.11. The minimum absolute atomic E-state index is 0.0648. The van der Waals surface area contributed by atoms with Gasteiger partial charge in [0.1, 0.15) is 5.75 Å². The number of aromatic nitrogens is 2. The third-order valence-electron chi connectivity index (χ3n) is 4.60. The molecule has 0 aliphatic heterocycles. The Labute approximate surface area is 174 Å². The van der Waals surface area contributed by atoms with E-state index in [0.717, 1.165) is 17.7 Å². The van der Waals surface area contributed by atoms with Crippen LogP contribution < -0.4 is 10.1 Å². The Morgan fingerprint density at radius 2 is 1.70 bits per heavy atom. The molecule has 6 heteroatoms. The van der Waals surface area contributed by atoms with Crippen LogP contribution in [0, 0.1) is 0 Å². The molecular formula is C24H21N3O3. The molecular weight excluding hydrogens is 378 g/mol. The van der Waals surface area contributed by atoms with Crippen LogP contribution in [0.15, 0.2) is 83.4 Å². The molecule has 0 unspecified atom stereocenters. The summed E-state index contributed by atoms with van der Waals surface area (Å²) in [6.45, 7) is 2.16. The quantitative estimate of drug-likeness (QED) is 0.466. The highest BCUT2D eigenvalue weighted by molar-refractivity contribution is 6.06. The maximum atomic E-state index is 12.7. The first-order valence-corrected chi connectivity index (χ1v) is 9.73. The Kier molecular flexibility index (Phi) is 5.85. The molecule has 0 bridgehead atoms. The molecule has 0 saturated heterocycles. The van der Waals surface area contributed by atoms with Gasteiger partial charge in [-0.05, 0) is 36.2 Å². The Hall–Kier alpha value is -3.93. The van der Waals surface area contributed by atoms with Crippen LogP contribution in [-0.2, 0) is 13.0 Å². The highest BCUT2D eigenvalue weighted by atomic mass is 16.5. The zero-order valence-corrected chi connectivity index (χ0v) is 16.5. The summed E-state index contributed by atoms with van der Waals surface area (Å²) in [6.07, 6.45) is 0.951. The van der Waals surface area contributed by atoms with Crippen LogP contribution in [0.2, 0.25) is 0 Å². The summed E-state index contributed by atoms with van der Waals surface area (Å²) >= 11 is 0. The number of amides is 1. The molecule has 4 rings (SSSR count). The highest BCUT2D eigenvalue weighted by Crippen LogP contribution is 2.22. The molecule has 1 aromatic heterocycles. The van der Waals surface area contributed by atoms with E-state index in [9.17, 15) is 4.79 Å². The molecule has 4 aromatic rings. The standard InChI is InChI=1S/C24H21N3O3/c1-2-17-12-14-19(15-13-17)25-24(28)20-10-6-7-11-21(20)29-16-22-26-23(27-30-22)18-8-4-3-5-9-18/h3-15H,2,16H2,1H3,(H,25,28). The molecule has 1 heterocycles. The third-order valence-corrected chi connectivity index (χ3v) is 4.60. The first-order valence-electron chi connectivity index (χ1n) is 9.73. The second-order valence-electron chi connectivity index (χ2n) is 6.67. The summed E-state index contributed by atoms with van der Waals surface area (Å²) in [5, 5.41) is 6.88. The number of nitrogens with one attached hydrogen (secondary N) is 1. The number of aryl methyl sites for hydroxylation is 1. The van der Waals surface area contributed by atoms with E-state index in [1.54, 1.807) is 18.2 Å². The molecule has 0 fully saturated rings. The van der Waals surface area contributed by atoms with Crippen molar-refractivity contribution in [1.82, 2.24) is 10.1 Å². The average Bonchev–Trinajstić information content (AvgIpc) is 3.28. The van der Waals surface area contributed by atoms with Crippen molar-refractivity contribution in [2.24, 2.45) is 0 Å². The highest BCUT2D eigenvalue weighted by Gasteiger charge is 2.14. The normalized spacial score (nSPS) is 10.6. The van der Waals surface area contributed by atoms with Crippen LogP contribution in [0.25, 0.3) is 11.4 Å². The van der Waals surface area contributed by atoms with Crippen LogP contribution in [0.4, 0.5) is 5.69 Å². The lowest BCUT2D eigenvalue weighted by molar-refractivity contribution is 0.102. The zero-order valence-electron chi connectivity index (χ0n) is 16.5. The van der Waals surface area contributed by atoms with Gasteiger partial charge >= 0.3 is 0 Å². The van der Waals surface area contributed by atoms with E-state index >= 15 is 0 Å². The number of hydrogen-bond acceptors (Lipinski definition) is 5. The van der Waals surface area contributed by atoms with Crippen molar-refractivity contribution >= 4 is 11.6 Å². The lowest BCUT2D eigenvalue weighted by atomic mass is 10.1. The molecule has 0 atom stereocenters. The van der Waals surface area contributed by atoms with Gasteiger partial charge in [-0.3, -0.25) is 4.79 Å². The van der Waals surface area contributed by atoms with Gasteiger partial charge in [0, 0.05) is 11.3 Å². The van der Waals surface area contributed by atoms with E-state index < -0.39 is 0 Å². The second-order valence-corrected chi connectivity index (χ2v) is 6.67. The van der Waals surface area contributed by atoms with E-state index in [1.807, 2.05) is 60.7 Å². The fraction of sp³-hybridized carbons (Fsp3) is 0.125. The number of para-hydroxylation sites is 1. The van der Waals surface area contributed by atoms with E-state index in [1.165, 1.54) is 5.56 Å². The SMILES string of the molecule is CCc1ccc(NC(=O)c2ccccc2OCc2nc(-c3ccccc3)no2)cc1. The van der Waals surface area contributed by atoms with Crippen LogP contribution in [0.1, 0.15) is 28.7 Å². The molecule has 0 aliphatic carbocycles. The number of anilines is 1. The number of carbonyl (C=O) groups excluding carboxylic acids is 1. The molecule has 3 aromatic carbocycles. The molecule has 6 nitrogen and oxygen atoms in total. The van der Waals surface area contributed by atoms with Crippen molar-refractivity contribution in [3.05, 3.63) is 95.9 Å². The summed E-state index contributed by atoms with van der Waals surface area (Å²) in [5.41, 5.74) is 3.24. The summed E-state index contributed by atoms with van der Waals surface area (Å²) in [6, 6.07) is 24.4. The number of ether oxygens (including phenoxy) is 1. The second kappa shape index (κ2) is 9.05. The topological polar surface area (TPSA) is 77.2 Å². The molecule has 0 saturated carbocycles. The van der Waals surface area contributed by atoms with Crippen molar-refractivity contribution in [3.8, 4) is 17.1 Å². The fourth-order valence-corrected chi connectivity index (χ4v) is 2.96. The smallest absolute Gasteiger partial charge is 0.264 e. The van der Waals surface area contributed by atoms with Crippen LogP contribution in [0.3, 0.4) is 0 Å². The van der Waals surface area contributed by atoms with Gasteiger partial charge in [-0.25, -0.2) is 0 Å². The maximum Gasteiger partial charge on any atom is 0.264 e. The van der Waals surface area contributed by atoms with Gasteiger partial charge in [-0.1, -0.05) is 66.7 Å². The van der Waals surface area contributed by atoms with Gasteiger partial charge in [-0.2, -0.15) is 4.98 Å². The van der Waals surface area contributed by atoms with Crippen molar-refractivity contribution in [3.63, 3.8) is 0 Å². The Bertz CT molecular complexity index is 1120. The van der Waals surface area contributed by atoms with Gasteiger partial charge in [0.2, 0.25) is 5.82 Å². The van der Waals surface area contributed by atoms with Crippen LogP contribution >= 0.6 is 0 Å². The number of rotatable bonds is 7. The van der Waals surface area contributed by atoms with Crippen molar-refractivity contribution in [2.45, 2.75) is 20.0 Å². The summed E-state index contributed by atoms with van der Waals surface area (Å²) in [4.78, 5) is 17.1. The van der Waals surface area contributed by atoms with Gasteiger partial charge in [0.05, 0.1) is 5.56 Å². The van der Waals surface area contributed by atoms with E-state index in [0.29, 0.717) is 23.0 Å². The monoisotopic (exact) mass is 399 g/mol. The van der Waals surface area contributed by atoms with Gasteiger partial charge in [-0.15, -0.1) is 0 Å². The molecule has 150 valence electrons. The third kappa shape index (κ3) is 4.55. The predicted molar refractivity (Wildman–Crippen MR) is 114 cm³/mol. The molecule has 0 radical (unpaired) electrons. The molecule has 0 aliphatic rings. The lowest BCUT2D eigenvalue weighted by Crippen LogP contribution is -2.13. The van der Waals surface area contributed by atoms with Crippen molar-refractivity contribution < 1.29 is 14.1 Å². The van der Waals surface area contributed by atoms with Crippen LogP contribution in [0.5, 0.6) is 5.75 Å². The molecule has 1 N–H and O–H groups in total. The number of carbonyl (C=O) groups is 1. The van der Waals surface area contributed by atoms with Crippen molar-refractivity contribution in [2.75, 3.05) is 5.32 Å². The summed E-state index contributed by atoms with van der Waals surface area (Å²) in [7, 11) is 0. The molecule has 0 spiro atoms. The van der Waals surface area contributed by atoms with Gasteiger partial charge in [0.15, 0.2) is 6.61 Å². The largest absolute Gasteiger partial charge is 0.483 e. The number of nitrogens with zero attached hydrogens (tertiary/aromatic N) is 2. The Morgan fingerprint density at radius 3 is 2.47 bits per heavy atom. The predicted octanol–water partition coefficient (Wildman–Crippen LogP) is 5.13. The van der Waals surface area contributed by atoms with E-state index in [2.05, 4.69) is 22.4 Å². The first-order chi connectivity index (χ1) is 14.7. The number of benzene rings is 3.